The highest BCUT2D eigenvalue weighted by molar-refractivity contribution is 5.87. The van der Waals surface area contributed by atoms with Gasteiger partial charge < -0.3 is 20.3 Å². The van der Waals surface area contributed by atoms with E-state index in [0.717, 1.165) is 38.5 Å². The van der Waals surface area contributed by atoms with Gasteiger partial charge in [-0.15, -0.1) is 12.4 Å². The molecule has 132 valence electrons. The Morgan fingerprint density at radius 2 is 1.57 bits per heavy atom. The maximum atomic E-state index is 12.7. The molecule has 3 fully saturated rings. The van der Waals surface area contributed by atoms with Crippen LogP contribution in [0.4, 0.5) is 0 Å². The number of ether oxygens (including phenoxy) is 1. The Morgan fingerprint density at radius 3 is 2.13 bits per heavy atom. The van der Waals surface area contributed by atoms with Crippen LogP contribution in [0.5, 0.6) is 0 Å². The topological polar surface area (TPSA) is 75.9 Å². The predicted octanol–water partition coefficient (Wildman–Crippen LogP) is 0.920. The van der Waals surface area contributed by atoms with Gasteiger partial charge in [0, 0.05) is 32.8 Å². The second kappa shape index (κ2) is 7.81. The molecule has 2 heterocycles. The van der Waals surface area contributed by atoms with Crippen LogP contribution in [-0.4, -0.2) is 66.0 Å². The molecule has 23 heavy (non-hydrogen) atoms. The summed E-state index contributed by atoms with van der Waals surface area (Å²) in [6.07, 6.45) is 6.37. The molecule has 0 radical (unpaired) electrons. The monoisotopic (exact) mass is 345 g/mol. The molecule has 0 aromatic carbocycles. The fraction of sp³-hybridized carbons (Fsp3) is 0.875. The minimum atomic E-state index is -0.668. The highest BCUT2D eigenvalue weighted by Crippen LogP contribution is 2.28. The van der Waals surface area contributed by atoms with E-state index < -0.39 is 5.54 Å². The van der Waals surface area contributed by atoms with Crippen molar-refractivity contribution >= 4 is 24.2 Å². The number of nitrogens with zero attached hydrogens (tertiary/aromatic N) is 2. The van der Waals surface area contributed by atoms with Crippen LogP contribution < -0.4 is 5.73 Å². The van der Waals surface area contributed by atoms with Gasteiger partial charge in [0.2, 0.25) is 5.91 Å². The van der Waals surface area contributed by atoms with Crippen LogP contribution in [-0.2, 0) is 14.3 Å². The van der Waals surface area contributed by atoms with Gasteiger partial charge in [-0.3, -0.25) is 9.59 Å². The van der Waals surface area contributed by atoms with Gasteiger partial charge in [0.25, 0.3) is 5.91 Å². The van der Waals surface area contributed by atoms with Crippen molar-refractivity contribution in [1.29, 1.82) is 0 Å². The molecule has 3 aliphatic rings. The zero-order valence-electron chi connectivity index (χ0n) is 13.7. The lowest BCUT2D eigenvalue weighted by molar-refractivity contribution is -0.148. The molecule has 0 spiro atoms. The maximum Gasteiger partial charge on any atom is 0.251 e. The van der Waals surface area contributed by atoms with Crippen LogP contribution in [0.25, 0.3) is 0 Å². The summed E-state index contributed by atoms with van der Waals surface area (Å²) in [6.45, 7) is 3.07. The van der Waals surface area contributed by atoms with Crippen LogP contribution in [0.1, 0.15) is 44.9 Å². The first-order valence-corrected chi connectivity index (χ1v) is 8.59. The van der Waals surface area contributed by atoms with Crippen LogP contribution in [0.2, 0.25) is 0 Å². The zero-order valence-corrected chi connectivity index (χ0v) is 14.5. The van der Waals surface area contributed by atoms with Gasteiger partial charge in [-0.1, -0.05) is 19.3 Å². The smallest absolute Gasteiger partial charge is 0.251 e. The van der Waals surface area contributed by atoms with Gasteiger partial charge in [-0.25, -0.2) is 0 Å². The average molecular weight is 346 g/mol. The number of carbonyl (C=O) groups is 2. The SMILES string of the molecule is Cl.NC1(C(=O)N2CCN(C(=O)C3CCCO3)CC2)CCCCC1. The Kier molecular flexibility index (Phi) is 6.28. The van der Waals surface area contributed by atoms with Gasteiger partial charge in [0.1, 0.15) is 6.10 Å². The normalized spacial score (nSPS) is 27.4. The molecular formula is C16H28ClN3O3. The molecule has 0 aromatic rings. The van der Waals surface area contributed by atoms with Crippen LogP contribution in [0.15, 0.2) is 0 Å². The fourth-order valence-electron chi connectivity index (χ4n) is 3.82. The molecular weight excluding hydrogens is 318 g/mol. The molecule has 7 heteroatoms. The summed E-state index contributed by atoms with van der Waals surface area (Å²) >= 11 is 0. The highest BCUT2D eigenvalue weighted by Gasteiger charge is 2.40. The first kappa shape index (κ1) is 18.5. The summed E-state index contributed by atoms with van der Waals surface area (Å²) in [5.74, 6) is 0.168. The van der Waals surface area contributed by atoms with E-state index in [1.807, 2.05) is 9.80 Å². The zero-order chi connectivity index (χ0) is 15.6. The summed E-state index contributed by atoms with van der Waals surface area (Å²) in [4.78, 5) is 28.7. The van der Waals surface area contributed by atoms with E-state index in [1.54, 1.807) is 0 Å². The number of hydrogen-bond donors (Lipinski definition) is 1. The van der Waals surface area contributed by atoms with E-state index in [0.29, 0.717) is 32.8 Å². The Balaban J connectivity index is 0.00000192. The third-order valence-corrected chi connectivity index (χ3v) is 5.26. The number of carbonyl (C=O) groups excluding carboxylic acids is 2. The van der Waals surface area contributed by atoms with E-state index in [2.05, 4.69) is 0 Å². The molecule has 6 nitrogen and oxygen atoms in total. The predicted molar refractivity (Wildman–Crippen MR) is 89.4 cm³/mol. The summed E-state index contributed by atoms with van der Waals surface area (Å²) in [5, 5.41) is 0. The number of piperazine rings is 1. The van der Waals surface area contributed by atoms with Crippen molar-refractivity contribution in [2.45, 2.75) is 56.6 Å². The van der Waals surface area contributed by atoms with Crippen molar-refractivity contribution in [3.05, 3.63) is 0 Å². The van der Waals surface area contributed by atoms with Crippen molar-refractivity contribution in [3.63, 3.8) is 0 Å². The second-order valence-corrected chi connectivity index (χ2v) is 6.84. The van der Waals surface area contributed by atoms with Gasteiger partial charge >= 0.3 is 0 Å². The quantitative estimate of drug-likeness (QED) is 0.807. The first-order valence-electron chi connectivity index (χ1n) is 8.59. The summed E-state index contributed by atoms with van der Waals surface area (Å²) in [6, 6.07) is 0. The van der Waals surface area contributed by atoms with Crippen molar-refractivity contribution in [1.82, 2.24) is 9.80 Å². The van der Waals surface area contributed by atoms with Crippen molar-refractivity contribution < 1.29 is 14.3 Å². The number of halogens is 1. The van der Waals surface area contributed by atoms with Crippen LogP contribution in [0.3, 0.4) is 0 Å². The maximum absolute atomic E-state index is 12.7. The average Bonchev–Trinajstić information content (AvgIpc) is 3.09. The van der Waals surface area contributed by atoms with Gasteiger partial charge in [-0.2, -0.15) is 0 Å². The van der Waals surface area contributed by atoms with Crippen molar-refractivity contribution in [2.24, 2.45) is 5.73 Å². The Morgan fingerprint density at radius 1 is 0.957 bits per heavy atom. The van der Waals surface area contributed by atoms with Crippen LogP contribution in [0, 0.1) is 0 Å². The minimum absolute atomic E-state index is 0. The molecule has 0 bridgehead atoms. The molecule has 0 aromatic heterocycles. The molecule has 2 N–H and O–H groups in total. The van der Waals surface area contributed by atoms with E-state index in [-0.39, 0.29) is 30.3 Å². The lowest BCUT2D eigenvalue weighted by atomic mass is 9.81. The molecule has 2 saturated heterocycles. The molecule has 3 rings (SSSR count). The molecule has 1 unspecified atom stereocenters. The second-order valence-electron chi connectivity index (χ2n) is 6.84. The van der Waals surface area contributed by atoms with E-state index in [1.165, 1.54) is 6.42 Å². The fourth-order valence-corrected chi connectivity index (χ4v) is 3.82. The van der Waals surface area contributed by atoms with Crippen molar-refractivity contribution in [2.75, 3.05) is 32.8 Å². The summed E-state index contributed by atoms with van der Waals surface area (Å²) in [7, 11) is 0. The first-order chi connectivity index (χ1) is 10.6. The third kappa shape index (κ3) is 3.98. The summed E-state index contributed by atoms with van der Waals surface area (Å²) in [5.41, 5.74) is 5.67. The van der Waals surface area contributed by atoms with E-state index in [4.69, 9.17) is 10.5 Å². The Hall–Kier alpha value is -0.850. The molecule has 2 amide bonds. The van der Waals surface area contributed by atoms with Gasteiger partial charge in [-0.05, 0) is 25.7 Å². The van der Waals surface area contributed by atoms with E-state index >= 15 is 0 Å². The number of nitrogens with two attached hydrogens (primary N) is 1. The molecule has 1 aliphatic carbocycles. The molecule has 1 atom stereocenters. The Labute approximate surface area is 144 Å². The Bertz CT molecular complexity index is 426. The standard InChI is InChI=1S/C16H27N3O3.ClH/c17-16(6-2-1-3-7-16)15(21)19-10-8-18(9-11-19)14(20)13-5-4-12-22-13;/h13H,1-12,17H2;1H. The van der Waals surface area contributed by atoms with Gasteiger partial charge in [0.15, 0.2) is 0 Å². The lowest BCUT2D eigenvalue weighted by Gasteiger charge is -2.41. The number of amides is 2. The highest BCUT2D eigenvalue weighted by atomic mass is 35.5. The van der Waals surface area contributed by atoms with Crippen LogP contribution >= 0.6 is 12.4 Å². The molecule has 2 aliphatic heterocycles. The van der Waals surface area contributed by atoms with E-state index in [9.17, 15) is 9.59 Å². The number of hydrogen-bond acceptors (Lipinski definition) is 4. The number of rotatable bonds is 2. The molecule has 1 saturated carbocycles. The van der Waals surface area contributed by atoms with Crippen molar-refractivity contribution in [3.8, 4) is 0 Å². The lowest BCUT2D eigenvalue weighted by Crippen LogP contribution is -2.61. The van der Waals surface area contributed by atoms with Gasteiger partial charge in [0.05, 0.1) is 5.54 Å². The summed E-state index contributed by atoms with van der Waals surface area (Å²) < 4.78 is 5.46. The third-order valence-electron chi connectivity index (χ3n) is 5.26. The minimum Gasteiger partial charge on any atom is -0.368 e. The largest absolute Gasteiger partial charge is 0.368 e.